The fraction of sp³-hybridized carbons (Fsp3) is 0.429. The number of halogens is 2. The van der Waals surface area contributed by atoms with Crippen molar-refractivity contribution >= 4 is 27.7 Å². The van der Waals surface area contributed by atoms with Gasteiger partial charge < -0.3 is 9.84 Å². The van der Waals surface area contributed by atoms with E-state index in [1.807, 2.05) is 0 Å². The third-order valence-corrected chi connectivity index (χ3v) is 4.96. The third kappa shape index (κ3) is 1.81. The maximum absolute atomic E-state index is 14.4. The van der Waals surface area contributed by atoms with Crippen molar-refractivity contribution in [2.75, 3.05) is 13.2 Å². The highest BCUT2D eigenvalue weighted by Crippen LogP contribution is 2.54. The second kappa shape index (κ2) is 5.09. The summed E-state index contributed by atoms with van der Waals surface area (Å²) in [4.78, 5) is 29.1. The number of carbonyl (C=O) groups excluding carboxylic acids is 1. The van der Waals surface area contributed by atoms with Gasteiger partial charge in [-0.3, -0.25) is 9.63 Å². The molecule has 0 spiro atoms. The molecule has 22 heavy (non-hydrogen) atoms. The Bertz CT molecular complexity index is 669. The number of carboxylic acid groups (broad SMARTS) is 1. The number of hydrogen-bond acceptors (Lipinski definition) is 5. The Balaban J connectivity index is 2.25. The van der Waals surface area contributed by atoms with Crippen molar-refractivity contribution in [3.05, 3.63) is 34.1 Å². The minimum absolute atomic E-state index is 0.137. The number of hydrogen-bond donors (Lipinski definition) is 2. The Morgan fingerprint density at radius 2 is 2.18 bits per heavy atom. The molecule has 1 aromatic carbocycles. The summed E-state index contributed by atoms with van der Waals surface area (Å²) in [5, 5.41) is 9.40. The van der Waals surface area contributed by atoms with Crippen molar-refractivity contribution in [3.63, 3.8) is 0 Å². The lowest BCUT2D eigenvalue weighted by atomic mass is 9.64. The molecule has 3 atom stereocenters. The highest BCUT2D eigenvalue weighted by atomic mass is 79.9. The van der Waals surface area contributed by atoms with Gasteiger partial charge >= 0.3 is 5.97 Å². The molecule has 6 nitrogen and oxygen atoms in total. The van der Waals surface area contributed by atoms with Crippen molar-refractivity contribution in [2.45, 2.75) is 18.6 Å². The molecule has 2 aliphatic heterocycles. The zero-order chi connectivity index (χ0) is 16.1. The van der Waals surface area contributed by atoms with Crippen molar-refractivity contribution in [3.8, 4) is 0 Å². The molecule has 8 heteroatoms. The summed E-state index contributed by atoms with van der Waals surface area (Å²) in [6, 6.07) is 4.26. The number of hydroxylamine groups is 1. The van der Waals surface area contributed by atoms with Gasteiger partial charge in [-0.1, -0.05) is 15.9 Å². The van der Waals surface area contributed by atoms with Crippen molar-refractivity contribution < 1.29 is 28.7 Å². The number of carboxylic acids is 1. The van der Waals surface area contributed by atoms with E-state index in [1.54, 1.807) is 0 Å². The summed E-state index contributed by atoms with van der Waals surface area (Å²) in [6.07, 6.45) is -1.40. The molecule has 3 rings (SSSR count). The van der Waals surface area contributed by atoms with Gasteiger partial charge in [-0.2, -0.15) is 5.48 Å². The molecule has 0 radical (unpaired) electrons. The Kier molecular flexibility index (Phi) is 3.59. The van der Waals surface area contributed by atoms with Crippen molar-refractivity contribution in [1.29, 1.82) is 0 Å². The summed E-state index contributed by atoms with van der Waals surface area (Å²) in [5.74, 6) is -2.27. The topological polar surface area (TPSA) is 84.9 Å². The minimum Gasteiger partial charge on any atom is -0.479 e. The Hall–Kier alpha value is -1.35. The summed E-state index contributed by atoms with van der Waals surface area (Å²) >= 11 is 3.26. The van der Waals surface area contributed by atoms with Crippen LogP contribution in [-0.4, -0.2) is 36.2 Å². The van der Waals surface area contributed by atoms with Gasteiger partial charge in [0.15, 0.2) is 6.10 Å². The number of ketones is 1. The molecule has 0 aliphatic carbocycles. The molecule has 2 heterocycles. The number of ether oxygens (including phenoxy) is 1. The van der Waals surface area contributed by atoms with Crippen LogP contribution in [0.5, 0.6) is 0 Å². The van der Waals surface area contributed by atoms with Gasteiger partial charge in [0, 0.05) is 10.0 Å². The van der Waals surface area contributed by atoms with E-state index in [2.05, 4.69) is 21.4 Å². The lowest BCUT2D eigenvalue weighted by molar-refractivity contribution is -0.158. The van der Waals surface area contributed by atoms with Crippen LogP contribution in [-0.2, 0) is 24.7 Å². The van der Waals surface area contributed by atoms with Crippen LogP contribution in [0.25, 0.3) is 0 Å². The molecular formula is C14H13BrFNO5. The van der Waals surface area contributed by atoms with Gasteiger partial charge in [-0.15, -0.1) is 0 Å². The Morgan fingerprint density at radius 3 is 2.82 bits per heavy atom. The predicted octanol–water partition coefficient (Wildman–Crippen LogP) is 1.38. The average molecular weight is 374 g/mol. The molecular weight excluding hydrogens is 361 g/mol. The SMILES string of the molecule is CC(=O)[C@@]12CON[C@@]1(c1cc(Br)ccc1F)CO[C@@H]2C(=O)O. The highest BCUT2D eigenvalue weighted by Gasteiger charge is 2.71. The summed E-state index contributed by atoms with van der Waals surface area (Å²) in [6.45, 7) is 0.883. The molecule has 1 aromatic rings. The number of benzene rings is 1. The Morgan fingerprint density at radius 1 is 1.45 bits per heavy atom. The van der Waals surface area contributed by atoms with E-state index in [0.29, 0.717) is 4.47 Å². The number of fused-ring (bicyclic) bond motifs is 1. The van der Waals surface area contributed by atoms with Crippen LogP contribution in [0, 0.1) is 11.2 Å². The van der Waals surface area contributed by atoms with Crippen LogP contribution in [0.15, 0.2) is 22.7 Å². The molecule has 2 aliphatic rings. The molecule has 0 amide bonds. The largest absolute Gasteiger partial charge is 0.479 e. The third-order valence-electron chi connectivity index (χ3n) is 4.46. The first kappa shape index (κ1) is 15.5. The van der Waals surface area contributed by atoms with Crippen LogP contribution in [0.4, 0.5) is 4.39 Å². The monoisotopic (exact) mass is 373 g/mol. The first-order chi connectivity index (χ1) is 10.3. The van der Waals surface area contributed by atoms with Crippen molar-refractivity contribution in [1.82, 2.24) is 5.48 Å². The van der Waals surface area contributed by atoms with Crippen molar-refractivity contribution in [2.24, 2.45) is 5.41 Å². The fourth-order valence-corrected chi connectivity index (χ4v) is 3.72. The molecule has 0 bridgehead atoms. The smallest absolute Gasteiger partial charge is 0.334 e. The molecule has 0 saturated carbocycles. The maximum Gasteiger partial charge on any atom is 0.334 e. The summed E-state index contributed by atoms with van der Waals surface area (Å²) < 4.78 is 20.3. The fourth-order valence-electron chi connectivity index (χ4n) is 3.36. The molecule has 2 fully saturated rings. The first-order valence-electron chi connectivity index (χ1n) is 6.55. The van der Waals surface area contributed by atoms with Gasteiger partial charge in [0.1, 0.15) is 22.6 Å². The number of Topliss-reactive ketones (excluding diaryl/α,β-unsaturated/α-hetero) is 1. The zero-order valence-corrected chi connectivity index (χ0v) is 13.1. The molecule has 118 valence electrons. The van der Waals surface area contributed by atoms with Gasteiger partial charge in [0.05, 0.1) is 13.2 Å². The van der Waals surface area contributed by atoms with E-state index in [0.717, 1.165) is 0 Å². The average Bonchev–Trinajstić information content (AvgIpc) is 2.96. The van der Waals surface area contributed by atoms with Crippen LogP contribution < -0.4 is 5.48 Å². The summed E-state index contributed by atoms with van der Waals surface area (Å²) in [5.41, 5.74) is -0.116. The highest BCUT2D eigenvalue weighted by molar-refractivity contribution is 9.10. The standard InChI is InChI=1S/C14H13BrFNO5/c1-7(18)13-5-22-17-14(13,6-21-11(13)12(19)20)9-4-8(15)2-3-10(9)16/h2-4,11,17H,5-6H2,1H3,(H,19,20)/t11-,13-,14-/m1/s1. The van der Waals surface area contributed by atoms with Gasteiger partial charge in [-0.05, 0) is 25.1 Å². The normalized spacial score (nSPS) is 33.7. The van der Waals surface area contributed by atoms with Gasteiger partial charge in [0.25, 0.3) is 0 Å². The van der Waals surface area contributed by atoms with Gasteiger partial charge in [-0.25, -0.2) is 9.18 Å². The Labute approximate surface area is 133 Å². The molecule has 0 aromatic heterocycles. The summed E-state index contributed by atoms with van der Waals surface area (Å²) in [7, 11) is 0. The van der Waals surface area contributed by atoms with Crippen LogP contribution in [0.3, 0.4) is 0 Å². The predicted molar refractivity (Wildman–Crippen MR) is 75.4 cm³/mol. The second-order valence-corrected chi connectivity index (χ2v) is 6.39. The maximum atomic E-state index is 14.4. The molecule has 2 N–H and O–H groups in total. The number of carbonyl (C=O) groups is 2. The number of rotatable bonds is 3. The lowest BCUT2D eigenvalue weighted by Gasteiger charge is -2.36. The number of nitrogens with one attached hydrogen (secondary N) is 1. The molecule has 2 saturated heterocycles. The molecule has 0 unspecified atom stereocenters. The van der Waals surface area contributed by atoms with E-state index in [1.165, 1.54) is 25.1 Å². The number of aliphatic carboxylic acids is 1. The first-order valence-corrected chi connectivity index (χ1v) is 7.34. The minimum atomic E-state index is -1.53. The van der Waals surface area contributed by atoms with E-state index in [9.17, 15) is 19.1 Å². The van der Waals surface area contributed by atoms with E-state index >= 15 is 0 Å². The van der Waals surface area contributed by atoms with E-state index < -0.39 is 34.6 Å². The van der Waals surface area contributed by atoms with Gasteiger partial charge in [0.2, 0.25) is 0 Å². The quantitative estimate of drug-likeness (QED) is 0.832. The van der Waals surface area contributed by atoms with Crippen LogP contribution in [0.2, 0.25) is 0 Å². The zero-order valence-electron chi connectivity index (χ0n) is 11.6. The van der Waals surface area contributed by atoms with Crippen LogP contribution in [0.1, 0.15) is 12.5 Å². The lowest BCUT2D eigenvalue weighted by Crippen LogP contribution is -2.57. The van der Waals surface area contributed by atoms with Crippen LogP contribution >= 0.6 is 15.9 Å². The van der Waals surface area contributed by atoms with E-state index in [4.69, 9.17) is 9.57 Å². The second-order valence-electron chi connectivity index (χ2n) is 5.48. The van der Waals surface area contributed by atoms with E-state index in [-0.39, 0.29) is 18.8 Å².